The van der Waals surface area contributed by atoms with Crippen molar-refractivity contribution in [2.45, 2.75) is 24.1 Å². The van der Waals surface area contributed by atoms with Gasteiger partial charge in [0.05, 0.1) is 16.3 Å². The van der Waals surface area contributed by atoms with Gasteiger partial charge in [-0.3, -0.25) is 0 Å². The predicted octanol–water partition coefficient (Wildman–Crippen LogP) is 3.36. The van der Waals surface area contributed by atoms with Gasteiger partial charge in [0.1, 0.15) is 16.9 Å². The molecule has 2 rings (SSSR count). The van der Waals surface area contributed by atoms with Gasteiger partial charge in [-0.15, -0.1) is 0 Å². The molecule has 0 atom stereocenters. The first kappa shape index (κ1) is 12.0. The van der Waals surface area contributed by atoms with E-state index >= 15 is 0 Å². The molecule has 4 nitrogen and oxygen atoms in total. The van der Waals surface area contributed by atoms with Crippen LogP contribution >= 0.6 is 23.4 Å². The topological polar surface area (TPSA) is 62.7 Å². The number of oxazole rings is 1. The van der Waals surface area contributed by atoms with Gasteiger partial charge < -0.3 is 4.42 Å². The maximum absolute atomic E-state index is 8.85. The van der Waals surface area contributed by atoms with E-state index in [-0.39, 0.29) is 0 Å². The Labute approximate surface area is 108 Å². The van der Waals surface area contributed by atoms with Crippen LogP contribution in [0.2, 0.25) is 5.02 Å². The Balaban J connectivity index is 2.34. The Morgan fingerprint density at radius 1 is 1.47 bits per heavy atom. The van der Waals surface area contributed by atoms with Crippen LogP contribution in [0.3, 0.4) is 0 Å². The van der Waals surface area contributed by atoms with Gasteiger partial charge >= 0.3 is 0 Å². The Hall–Kier alpha value is -1.51. The van der Waals surface area contributed by atoms with Crippen LogP contribution in [0, 0.1) is 25.2 Å². The van der Waals surface area contributed by atoms with Crippen molar-refractivity contribution < 1.29 is 4.42 Å². The normalized spacial score (nSPS) is 10.2. The third-order valence-corrected chi connectivity index (χ3v) is 3.52. The van der Waals surface area contributed by atoms with Crippen molar-refractivity contribution >= 4 is 23.4 Å². The van der Waals surface area contributed by atoms with Crippen molar-refractivity contribution in [1.29, 1.82) is 5.26 Å². The monoisotopic (exact) mass is 265 g/mol. The smallest absolute Gasteiger partial charge is 0.262 e. The minimum atomic E-state index is 0.327. The van der Waals surface area contributed by atoms with E-state index in [0.29, 0.717) is 20.8 Å². The van der Waals surface area contributed by atoms with Crippen LogP contribution in [-0.4, -0.2) is 9.97 Å². The SMILES string of the molecule is Cc1nc(Sc2nccc(C#N)c2Cl)oc1C. The van der Waals surface area contributed by atoms with Gasteiger partial charge in [0.25, 0.3) is 5.22 Å². The summed E-state index contributed by atoms with van der Waals surface area (Å²) in [4.78, 5) is 8.32. The lowest BCUT2D eigenvalue weighted by atomic mass is 10.3. The number of nitriles is 1. The van der Waals surface area contributed by atoms with Crippen LogP contribution in [0.1, 0.15) is 17.0 Å². The van der Waals surface area contributed by atoms with E-state index in [0.717, 1.165) is 11.5 Å². The highest BCUT2D eigenvalue weighted by Crippen LogP contribution is 2.33. The molecule has 2 aromatic rings. The highest BCUT2D eigenvalue weighted by Gasteiger charge is 2.13. The maximum Gasteiger partial charge on any atom is 0.262 e. The third-order valence-electron chi connectivity index (χ3n) is 2.17. The van der Waals surface area contributed by atoms with Gasteiger partial charge in [0.2, 0.25) is 0 Å². The molecule has 0 unspecified atom stereocenters. The molecule has 0 aliphatic rings. The van der Waals surface area contributed by atoms with E-state index in [1.807, 2.05) is 19.9 Å². The molecule has 0 bridgehead atoms. The largest absolute Gasteiger partial charge is 0.436 e. The molecule has 0 N–H and O–H groups in total. The fourth-order valence-corrected chi connectivity index (χ4v) is 2.25. The zero-order chi connectivity index (χ0) is 12.4. The fraction of sp³-hybridized carbons (Fsp3) is 0.182. The van der Waals surface area contributed by atoms with E-state index < -0.39 is 0 Å². The standard InChI is InChI=1S/C11H8ClN3OS/c1-6-7(2)16-11(15-6)17-10-9(12)8(5-13)3-4-14-10/h3-4H,1-2H3. The lowest BCUT2D eigenvalue weighted by Gasteiger charge is -2.00. The van der Waals surface area contributed by atoms with Gasteiger partial charge in [0, 0.05) is 6.20 Å². The predicted molar refractivity (Wildman–Crippen MR) is 64.1 cm³/mol. The first-order chi connectivity index (χ1) is 8.11. The second-order valence-electron chi connectivity index (χ2n) is 3.31. The van der Waals surface area contributed by atoms with Crippen LogP contribution < -0.4 is 0 Å². The van der Waals surface area contributed by atoms with E-state index in [1.165, 1.54) is 18.0 Å². The van der Waals surface area contributed by atoms with Crippen molar-refractivity contribution in [2.75, 3.05) is 0 Å². The maximum atomic E-state index is 8.85. The number of aryl methyl sites for hydroxylation is 2. The molecule has 2 aromatic heterocycles. The molecule has 2 heterocycles. The van der Waals surface area contributed by atoms with Crippen LogP contribution in [-0.2, 0) is 0 Å². The summed E-state index contributed by atoms with van der Waals surface area (Å²) < 4.78 is 5.42. The Morgan fingerprint density at radius 2 is 2.24 bits per heavy atom. The third kappa shape index (κ3) is 2.43. The lowest BCUT2D eigenvalue weighted by Crippen LogP contribution is -1.85. The van der Waals surface area contributed by atoms with Gasteiger partial charge in [-0.2, -0.15) is 5.26 Å². The molecule has 0 radical (unpaired) electrons. The van der Waals surface area contributed by atoms with E-state index in [4.69, 9.17) is 21.3 Å². The molecule has 0 aromatic carbocycles. The molecule has 0 aliphatic carbocycles. The van der Waals surface area contributed by atoms with Crippen molar-refractivity contribution in [3.63, 3.8) is 0 Å². The molecule has 0 saturated carbocycles. The summed E-state index contributed by atoms with van der Waals surface area (Å²) in [5, 5.41) is 10.2. The van der Waals surface area contributed by atoms with Crippen molar-refractivity contribution in [3.8, 4) is 6.07 Å². The zero-order valence-electron chi connectivity index (χ0n) is 9.19. The first-order valence-corrected chi connectivity index (χ1v) is 5.97. The number of halogens is 1. The molecule has 0 aliphatic heterocycles. The number of rotatable bonds is 2. The average Bonchev–Trinajstić information content (AvgIpc) is 2.61. The number of nitrogens with zero attached hydrogens (tertiary/aromatic N) is 3. The second-order valence-corrected chi connectivity index (χ2v) is 4.63. The molecular formula is C11H8ClN3OS. The summed E-state index contributed by atoms with van der Waals surface area (Å²) in [6, 6.07) is 3.57. The summed E-state index contributed by atoms with van der Waals surface area (Å²) >= 11 is 7.24. The van der Waals surface area contributed by atoms with E-state index in [1.54, 1.807) is 6.07 Å². The average molecular weight is 266 g/mol. The first-order valence-electron chi connectivity index (χ1n) is 4.78. The quantitative estimate of drug-likeness (QED) is 0.833. The Morgan fingerprint density at radius 3 is 2.82 bits per heavy atom. The van der Waals surface area contributed by atoms with Gasteiger partial charge in [-0.05, 0) is 31.7 Å². The van der Waals surface area contributed by atoms with Gasteiger partial charge in [-0.1, -0.05) is 11.6 Å². The fourth-order valence-electron chi connectivity index (χ4n) is 1.15. The van der Waals surface area contributed by atoms with Crippen LogP contribution in [0.25, 0.3) is 0 Å². The minimum absolute atomic E-state index is 0.327. The number of aromatic nitrogens is 2. The van der Waals surface area contributed by atoms with Crippen LogP contribution in [0.5, 0.6) is 0 Å². The molecular weight excluding hydrogens is 258 g/mol. The van der Waals surface area contributed by atoms with Crippen LogP contribution in [0.15, 0.2) is 26.9 Å². The van der Waals surface area contributed by atoms with Gasteiger partial charge in [-0.25, -0.2) is 9.97 Å². The Kier molecular flexibility index (Phi) is 3.36. The highest BCUT2D eigenvalue weighted by molar-refractivity contribution is 7.99. The molecule has 0 fully saturated rings. The van der Waals surface area contributed by atoms with Crippen molar-refractivity contribution in [2.24, 2.45) is 0 Å². The van der Waals surface area contributed by atoms with E-state index in [2.05, 4.69) is 9.97 Å². The highest BCUT2D eigenvalue weighted by atomic mass is 35.5. The Bertz CT molecular complexity index is 584. The molecule has 0 saturated heterocycles. The molecule has 0 spiro atoms. The number of hydrogen-bond acceptors (Lipinski definition) is 5. The van der Waals surface area contributed by atoms with Gasteiger partial charge in [0.15, 0.2) is 0 Å². The minimum Gasteiger partial charge on any atom is -0.436 e. The molecule has 6 heteroatoms. The van der Waals surface area contributed by atoms with Crippen molar-refractivity contribution in [1.82, 2.24) is 9.97 Å². The van der Waals surface area contributed by atoms with Crippen molar-refractivity contribution in [3.05, 3.63) is 34.3 Å². The summed E-state index contributed by atoms with van der Waals surface area (Å²) in [6.07, 6.45) is 1.54. The van der Waals surface area contributed by atoms with Crippen LogP contribution in [0.4, 0.5) is 0 Å². The summed E-state index contributed by atoms with van der Waals surface area (Å²) in [6.45, 7) is 3.71. The zero-order valence-corrected chi connectivity index (χ0v) is 10.8. The second kappa shape index (κ2) is 4.78. The van der Waals surface area contributed by atoms with E-state index in [9.17, 15) is 0 Å². The summed E-state index contributed by atoms with van der Waals surface area (Å²) in [5.74, 6) is 0.764. The molecule has 86 valence electrons. The molecule has 17 heavy (non-hydrogen) atoms. The number of hydrogen-bond donors (Lipinski definition) is 0. The summed E-state index contributed by atoms with van der Waals surface area (Å²) in [7, 11) is 0. The lowest BCUT2D eigenvalue weighted by molar-refractivity contribution is 0.431. The molecule has 0 amide bonds. The number of pyridine rings is 1. The summed E-state index contributed by atoms with van der Waals surface area (Å²) in [5.41, 5.74) is 1.23.